The summed E-state index contributed by atoms with van der Waals surface area (Å²) >= 11 is 0. The second-order valence-corrected chi connectivity index (χ2v) is 5.13. The molecule has 1 aromatic heterocycles. The van der Waals surface area contributed by atoms with Gasteiger partial charge < -0.3 is 15.7 Å². The van der Waals surface area contributed by atoms with Crippen molar-refractivity contribution in [3.8, 4) is 0 Å². The van der Waals surface area contributed by atoms with Gasteiger partial charge in [-0.3, -0.25) is 4.68 Å². The Balaban J connectivity index is 1.75. The van der Waals surface area contributed by atoms with Crippen molar-refractivity contribution in [3.63, 3.8) is 0 Å². The van der Waals surface area contributed by atoms with Gasteiger partial charge in [0.05, 0.1) is 24.5 Å². The van der Waals surface area contributed by atoms with Gasteiger partial charge in [0.2, 0.25) is 0 Å². The monoisotopic (exact) mass is 238 g/mol. The van der Waals surface area contributed by atoms with E-state index in [9.17, 15) is 5.11 Å². The van der Waals surface area contributed by atoms with E-state index in [2.05, 4.69) is 16.9 Å². The van der Waals surface area contributed by atoms with Crippen LogP contribution in [0.25, 0.3) is 0 Å². The van der Waals surface area contributed by atoms with Crippen LogP contribution < -0.4 is 5.73 Å². The zero-order chi connectivity index (χ0) is 12.3. The number of hydrogen-bond acceptors (Lipinski definition) is 4. The van der Waals surface area contributed by atoms with Crippen LogP contribution in [-0.2, 0) is 6.54 Å². The zero-order valence-corrected chi connectivity index (χ0v) is 10.4. The third-order valence-electron chi connectivity index (χ3n) is 3.40. The molecule has 1 saturated heterocycles. The Morgan fingerprint density at radius 3 is 2.76 bits per heavy atom. The highest BCUT2D eigenvalue weighted by atomic mass is 16.3. The predicted octanol–water partition coefficient (Wildman–Crippen LogP) is 0.558. The highest BCUT2D eigenvalue weighted by Crippen LogP contribution is 2.16. The third kappa shape index (κ3) is 3.71. The Morgan fingerprint density at radius 2 is 2.18 bits per heavy atom. The van der Waals surface area contributed by atoms with E-state index in [-0.39, 0.29) is 6.10 Å². The minimum absolute atomic E-state index is 0.372. The number of aliphatic hydroxyl groups is 1. The summed E-state index contributed by atoms with van der Waals surface area (Å²) in [4.78, 5) is 2.33. The molecule has 1 aliphatic rings. The summed E-state index contributed by atoms with van der Waals surface area (Å²) < 4.78 is 1.70. The molecule has 2 rings (SSSR count). The first-order valence-corrected chi connectivity index (χ1v) is 6.32. The smallest absolute Gasteiger partial charge is 0.0862 e. The predicted molar refractivity (Wildman–Crippen MR) is 67.5 cm³/mol. The van der Waals surface area contributed by atoms with Crippen molar-refractivity contribution >= 4 is 5.69 Å². The fourth-order valence-electron chi connectivity index (χ4n) is 2.30. The Labute approximate surface area is 102 Å². The summed E-state index contributed by atoms with van der Waals surface area (Å²) in [6.45, 7) is 5.73. The second kappa shape index (κ2) is 5.51. The van der Waals surface area contributed by atoms with Crippen LogP contribution in [-0.4, -0.2) is 45.5 Å². The molecule has 1 aromatic rings. The summed E-state index contributed by atoms with van der Waals surface area (Å²) in [5.74, 6) is 0.828. The lowest BCUT2D eigenvalue weighted by Crippen LogP contribution is -2.39. The Kier molecular flexibility index (Phi) is 4.02. The van der Waals surface area contributed by atoms with Gasteiger partial charge in [-0.2, -0.15) is 5.10 Å². The second-order valence-electron chi connectivity index (χ2n) is 5.13. The molecule has 0 aliphatic carbocycles. The molecule has 1 fully saturated rings. The molecule has 5 nitrogen and oxygen atoms in total. The molecule has 0 aromatic carbocycles. The Hall–Kier alpha value is -1.07. The van der Waals surface area contributed by atoms with Crippen LogP contribution in [0.3, 0.4) is 0 Å². The normalized spacial score (nSPS) is 20.6. The average molecular weight is 238 g/mol. The number of likely N-dealkylation sites (tertiary alicyclic amines) is 1. The standard InChI is InChI=1S/C12H22N4O/c1-10-2-4-15(5-3-10)8-12(17)9-16-7-11(13)6-14-16/h6-7,10,12,17H,2-5,8-9,13H2,1H3. The van der Waals surface area contributed by atoms with Crippen LogP contribution in [0.1, 0.15) is 19.8 Å². The molecule has 1 aliphatic heterocycles. The number of β-amino-alcohol motifs (C(OH)–C–C–N with tert-alkyl or cyclic N) is 1. The molecular formula is C12H22N4O. The third-order valence-corrected chi connectivity index (χ3v) is 3.40. The van der Waals surface area contributed by atoms with Crippen LogP contribution in [0, 0.1) is 5.92 Å². The van der Waals surface area contributed by atoms with Crippen molar-refractivity contribution in [2.45, 2.75) is 32.4 Å². The van der Waals surface area contributed by atoms with Crippen molar-refractivity contribution in [1.82, 2.24) is 14.7 Å². The summed E-state index contributed by atoms with van der Waals surface area (Å²) in [7, 11) is 0. The van der Waals surface area contributed by atoms with Crippen LogP contribution in [0.4, 0.5) is 5.69 Å². The summed E-state index contributed by atoms with van der Waals surface area (Å²) in [5, 5.41) is 14.1. The number of nitrogens with two attached hydrogens (primary N) is 1. The van der Waals surface area contributed by atoms with E-state index in [0.717, 1.165) is 25.6 Å². The molecule has 0 radical (unpaired) electrons. The molecule has 5 heteroatoms. The molecule has 0 saturated carbocycles. The number of anilines is 1. The number of piperidine rings is 1. The lowest BCUT2D eigenvalue weighted by molar-refractivity contribution is 0.0777. The average Bonchev–Trinajstić information content (AvgIpc) is 2.67. The first-order chi connectivity index (χ1) is 8.13. The van der Waals surface area contributed by atoms with Gasteiger partial charge in [-0.25, -0.2) is 0 Å². The Morgan fingerprint density at radius 1 is 1.47 bits per heavy atom. The minimum Gasteiger partial charge on any atom is -0.396 e. The van der Waals surface area contributed by atoms with Gasteiger partial charge in [0.15, 0.2) is 0 Å². The fourth-order valence-corrected chi connectivity index (χ4v) is 2.30. The van der Waals surface area contributed by atoms with E-state index < -0.39 is 0 Å². The van der Waals surface area contributed by atoms with Crippen LogP contribution in [0.15, 0.2) is 12.4 Å². The van der Waals surface area contributed by atoms with Gasteiger partial charge in [-0.1, -0.05) is 6.92 Å². The van der Waals surface area contributed by atoms with E-state index in [0.29, 0.717) is 12.2 Å². The SMILES string of the molecule is CC1CCN(CC(O)Cn2cc(N)cn2)CC1. The van der Waals surface area contributed by atoms with E-state index in [1.54, 1.807) is 17.1 Å². The molecule has 3 N–H and O–H groups in total. The Bertz CT molecular complexity index is 344. The van der Waals surface area contributed by atoms with Crippen molar-refractivity contribution in [1.29, 1.82) is 0 Å². The van der Waals surface area contributed by atoms with E-state index >= 15 is 0 Å². The van der Waals surface area contributed by atoms with Crippen LogP contribution >= 0.6 is 0 Å². The fraction of sp³-hybridized carbons (Fsp3) is 0.750. The molecular weight excluding hydrogens is 216 g/mol. The first kappa shape index (κ1) is 12.4. The van der Waals surface area contributed by atoms with E-state index in [1.165, 1.54) is 12.8 Å². The maximum Gasteiger partial charge on any atom is 0.0862 e. The van der Waals surface area contributed by atoms with Gasteiger partial charge in [0, 0.05) is 12.7 Å². The molecule has 1 unspecified atom stereocenters. The van der Waals surface area contributed by atoms with Crippen molar-refractivity contribution in [2.75, 3.05) is 25.4 Å². The van der Waals surface area contributed by atoms with Crippen molar-refractivity contribution in [2.24, 2.45) is 5.92 Å². The van der Waals surface area contributed by atoms with Gasteiger partial charge in [0.25, 0.3) is 0 Å². The number of aromatic nitrogens is 2. The van der Waals surface area contributed by atoms with E-state index in [4.69, 9.17) is 5.73 Å². The number of rotatable bonds is 4. The van der Waals surface area contributed by atoms with Crippen molar-refractivity contribution < 1.29 is 5.11 Å². The molecule has 17 heavy (non-hydrogen) atoms. The number of nitrogen functional groups attached to an aromatic ring is 1. The number of aliphatic hydroxyl groups excluding tert-OH is 1. The first-order valence-electron chi connectivity index (χ1n) is 6.32. The topological polar surface area (TPSA) is 67.3 Å². The van der Waals surface area contributed by atoms with Crippen LogP contribution in [0.2, 0.25) is 0 Å². The lowest BCUT2D eigenvalue weighted by atomic mass is 9.99. The minimum atomic E-state index is -0.372. The van der Waals surface area contributed by atoms with Gasteiger partial charge in [-0.05, 0) is 31.8 Å². The lowest BCUT2D eigenvalue weighted by Gasteiger charge is -2.31. The molecule has 0 amide bonds. The van der Waals surface area contributed by atoms with Gasteiger partial charge in [0.1, 0.15) is 0 Å². The summed E-state index contributed by atoms with van der Waals surface area (Å²) in [6, 6.07) is 0. The van der Waals surface area contributed by atoms with Crippen LogP contribution in [0.5, 0.6) is 0 Å². The molecule has 2 heterocycles. The molecule has 1 atom stereocenters. The maximum absolute atomic E-state index is 9.99. The number of hydrogen-bond donors (Lipinski definition) is 2. The summed E-state index contributed by atoms with van der Waals surface area (Å²) in [5.41, 5.74) is 6.22. The van der Waals surface area contributed by atoms with E-state index in [1.807, 2.05) is 0 Å². The molecule has 0 spiro atoms. The quantitative estimate of drug-likeness (QED) is 0.804. The maximum atomic E-state index is 9.99. The van der Waals surface area contributed by atoms with Gasteiger partial charge >= 0.3 is 0 Å². The molecule has 0 bridgehead atoms. The molecule has 96 valence electrons. The zero-order valence-electron chi connectivity index (χ0n) is 10.4. The highest BCUT2D eigenvalue weighted by molar-refractivity contribution is 5.30. The summed E-state index contributed by atoms with van der Waals surface area (Å²) in [6.07, 6.45) is 5.46. The number of nitrogens with zero attached hydrogens (tertiary/aromatic N) is 3. The van der Waals surface area contributed by atoms with Gasteiger partial charge in [-0.15, -0.1) is 0 Å². The van der Waals surface area contributed by atoms with Crippen molar-refractivity contribution in [3.05, 3.63) is 12.4 Å². The highest BCUT2D eigenvalue weighted by Gasteiger charge is 2.18. The largest absolute Gasteiger partial charge is 0.396 e.